The summed E-state index contributed by atoms with van der Waals surface area (Å²) in [6.45, 7) is 3.91. The van der Waals surface area contributed by atoms with E-state index in [1.807, 2.05) is 23.8 Å². The molecular weight excluding hydrogens is 332 g/mol. The molecule has 0 N–H and O–H groups in total. The molecule has 0 radical (unpaired) electrons. The van der Waals surface area contributed by atoms with Crippen LogP contribution in [0.25, 0.3) is 0 Å². The number of piperidine rings is 1. The minimum absolute atomic E-state index is 0.288. The summed E-state index contributed by atoms with van der Waals surface area (Å²) in [6.07, 6.45) is 7.68. The highest BCUT2D eigenvalue weighted by Crippen LogP contribution is 2.32. The van der Waals surface area contributed by atoms with Gasteiger partial charge in [-0.05, 0) is 59.6 Å². The first-order chi connectivity index (χ1) is 12.3. The zero-order valence-electron chi connectivity index (χ0n) is 14.4. The molecule has 5 nitrogen and oxygen atoms in total. The van der Waals surface area contributed by atoms with Gasteiger partial charge in [-0.2, -0.15) is 11.3 Å². The second-order valence-corrected chi connectivity index (χ2v) is 7.85. The van der Waals surface area contributed by atoms with Crippen LogP contribution >= 0.6 is 11.3 Å². The molecule has 2 aromatic heterocycles. The van der Waals surface area contributed by atoms with Crippen LogP contribution in [0.5, 0.6) is 0 Å². The van der Waals surface area contributed by atoms with Crippen LogP contribution in [0.1, 0.15) is 24.8 Å². The van der Waals surface area contributed by atoms with Gasteiger partial charge in [-0.25, -0.2) is 9.97 Å². The van der Waals surface area contributed by atoms with Crippen molar-refractivity contribution in [2.75, 3.05) is 31.1 Å². The Hall–Kier alpha value is -1.95. The van der Waals surface area contributed by atoms with E-state index >= 15 is 0 Å². The van der Waals surface area contributed by atoms with E-state index in [0.717, 1.165) is 50.0 Å². The molecule has 0 aliphatic carbocycles. The average Bonchev–Trinajstić information content (AvgIpc) is 3.34. The molecule has 0 bridgehead atoms. The molecule has 6 heteroatoms. The third-order valence-electron chi connectivity index (χ3n) is 5.55. The number of hydrogen-bond acceptors (Lipinski definition) is 5. The first-order valence-electron chi connectivity index (χ1n) is 9.10. The second kappa shape index (κ2) is 7.52. The van der Waals surface area contributed by atoms with Gasteiger partial charge in [0.2, 0.25) is 11.9 Å². The predicted octanol–water partition coefficient (Wildman–Crippen LogP) is 2.85. The van der Waals surface area contributed by atoms with Gasteiger partial charge in [0.25, 0.3) is 0 Å². The van der Waals surface area contributed by atoms with Gasteiger partial charge in [0, 0.05) is 38.6 Å². The molecule has 1 atom stereocenters. The number of nitrogens with zero attached hydrogens (tertiary/aromatic N) is 4. The Labute approximate surface area is 152 Å². The van der Waals surface area contributed by atoms with E-state index in [4.69, 9.17) is 0 Å². The summed E-state index contributed by atoms with van der Waals surface area (Å²) in [6, 6.07) is 3.91. The maximum atomic E-state index is 12.5. The Morgan fingerprint density at radius 2 is 1.88 bits per heavy atom. The summed E-state index contributed by atoms with van der Waals surface area (Å²) >= 11 is 1.66. The second-order valence-electron chi connectivity index (χ2n) is 7.07. The fraction of sp³-hybridized carbons (Fsp3) is 0.526. The van der Waals surface area contributed by atoms with E-state index in [1.165, 1.54) is 12.8 Å². The van der Waals surface area contributed by atoms with Crippen molar-refractivity contribution in [2.24, 2.45) is 11.8 Å². The van der Waals surface area contributed by atoms with Gasteiger partial charge in [-0.15, -0.1) is 0 Å². The van der Waals surface area contributed by atoms with Crippen LogP contribution < -0.4 is 4.90 Å². The first-order valence-corrected chi connectivity index (χ1v) is 10.0. The highest BCUT2D eigenvalue weighted by atomic mass is 32.1. The number of aromatic nitrogens is 2. The van der Waals surface area contributed by atoms with Gasteiger partial charge >= 0.3 is 0 Å². The quantitative estimate of drug-likeness (QED) is 0.845. The Bertz CT molecular complexity index is 683. The number of likely N-dealkylation sites (tertiary alicyclic amines) is 1. The van der Waals surface area contributed by atoms with Crippen LogP contribution in [0.4, 0.5) is 5.95 Å². The molecule has 4 rings (SSSR count). The number of carbonyl (C=O) groups is 1. The topological polar surface area (TPSA) is 49.3 Å². The highest BCUT2D eigenvalue weighted by molar-refractivity contribution is 7.08. The van der Waals surface area contributed by atoms with E-state index in [1.54, 1.807) is 11.3 Å². The van der Waals surface area contributed by atoms with E-state index < -0.39 is 0 Å². The molecule has 4 heterocycles. The Kier molecular flexibility index (Phi) is 4.97. The molecule has 2 fully saturated rings. The third kappa shape index (κ3) is 3.84. The number of hydrogen-bond donors (Lipinski definition) is 0. The number of anilines is 1. The number of amides is 1. The first kappa shape index (κ1) is 16.5. The van der Waals surface area contributed by atoms with Crippen molar-refractivity contribution in [3.63, 3.8) is 0 Å². The summed E-state index contributed by atoms with van der Waals surface area (Å²) in [4.78, 5) is 25.6. The molecule has 1 unspecified atom stereocenters. The fourth-order valence-corrected chi connectivity index (χ4v) is 4.77. The van der Waals surface area contributed by atoms with Gasteiger partial charge in [0.1, 0.15) is 0 Å². The van der Waals surface area contributed by atoms with Gasteiger partial charge < -0.3 is 9.80 Å². The molecule has 1 amide bonds. The fourth-order valence-electron chi connectivity index (χ4n) is 4.10. The molecule has 0 spiro atoms. The maximum absolute atomic E-state index is 12.5. The standard InChI is InChI=1S/C19H24N4OS/c24-18(12-15-5-11-25-14-15)23-10-4-17(13-23)16-2-8-22(9-3-16)19-20-6-1-7-21-19/h1,5-7,11,14,16-17H,2-4,8-10,12-13H2. The van der Waals surface area contributed by atoms with Crippen LogP contribution in [-0.4, -0.2) is 47.0 Å². The molecule has 0 aromatic carbocycles. The van der Waals surface area contributed by atoms with E-state index in [0.29, 0.717) is 12.3 Å². The van der Waals surface area contributed by atoms with Crippen molar-refractivity contribution in [2.45, 2.75) is 25.7 Å². The van der Waals surface area contributed by atoms with Crippen molar-refractivity contribution < 1.29 is 4.79 Å². The van der Waals surface area contributed by atoms with Crippen molar-refractivity contribution in [3.05, 3.63) is 40.8 Å². The third-order valence-corrected chi connectivity index (χ3v) is 6.29. The summed E-state index contributed by atoms with van der Waals surface area (Å²) in [5, 5.41) is 4.12. The normalized spacial score (nSPS) is 21.7. The van der Waals surface area contributed by atoms with Gasteiger partial charge in [-0.1, -0.05) is 0 Å². The summed E-state index contributed by atoms with van der Waals surface area (Å²) in [5.74, 6) is 2.51. The minimum Gasteiger partial charge on any atom is -0.342 e. The summed E-state index contributed by atoms with van der Waals surface area (Å²) < 4.78 is 0. The van der Waals surface area contributed by atoms with Crippen molar-refractivity contribution in [3.8, 4) is 0 Å². The molecule has 2 aromatic rings. The largest absolute Gasteiger partial charge is 0.342 e. The lowest BCUT2D eigenvalue weighted by Crippen LogP contribution is -2.38. The number of rotatable bonds is 4. The number of thiophene rings is 1. The van der Waals surface area contributed by atoms with Crippen molar-refractivity contribution >= 4 is 23.2 Å². The molecule has 2 aliphatic rings. The lowest BCUT2D eigenvalue weighted by molar-refractivity contribution is -0.129. The molecule has 2 saturated heterocycles. The van der Waals surface area contributed by atoms with Crippen LogP contribution in [0, 0.1) is 11.8 Å². The zero-order chi connectivity index (χ0) is 17.1. The predicted molar refractivity (Wildman–Crippen MR) is 99.7 cm³/mol. The Balaban J connectivity index is 1.27. The smallest absolute Gasteiger partial charge is 0.227 e. The summed E-state index contributed by atoms with van der Waals surface area (Å²) in [7, 11) is 0. The maximum Gasteiger partial charge on any atom is 0.227 e. The van der Waals surface area contributed by atoms with E-state index in [9.17, 15) is 4.79 Å². The molecule has 2 aliphatic heterocycles. The van der Waals surface area contributed by atoms with Crippen LogP contribution in [0.3, 0.4) is 0 Å². The monoisotopic (exact) mass is 356 g/mol. The Morgan fingerprint density at radius 3 is 2.60 bits per heavy atom. The van der Waals surface area contributed by atoms with Crippen LogP contribution in [0.15, 0.2) is 35.3 Å². The van der Waals surface area contributed by atoms with E-state index in [2.05, 4.69) is 31.2 Å². The van der Waals surface area contributed by atoms with Gasteiger partial charge in [0.05, 0.1) is 6.42 Å². The summed E-state index contributed by atoms with van der Waals surface area (Å²) in [5.41, 5.74) is 1.15. The Morgan fingerprint density at radius 1 is 1.12 bits per heavy atom. The van der Waals surface area contributed by atoms with E-state index in [-0.39, 0.29) is 5.91 Å². The molecular formula is C19H24N4OS. The van der Waals surface area contributed by atoms with Crippen LogP contribution in [-0.2, 0) is 11.2 Å². The molecule has 25 heavy (non-hydrogen) atoms. The van der Waals surface area contributed by atoms with Crippen LogP contribution in [0.2, 0.25) is 0 Å². The molecule has 132 valence electrons. The van der Waals surface area contributed by atoms with Gasteiger partial charge in [-0.3, -0.25) is 4.79 Å². The van der Waals surface area contributed by atoms with Crippen molar-refractivity contribution in [1.82, 2.24) is 14.9 Å². The lowest BCUT2D eigenvalue weighted by atomic mass is 9.84. The minimum atomic E-state index is 0.288. The van der Waals surface area contributed by atoms with Gasteiger partial charge in [0.15, 0.2) is 0 Å². The SMILES string of the molecule is O=C(Cc1ccsc1)N1CCC(C2CCN(c3ncccn3)CC2)C1. The van der Waals surface area contributed by atoms with Crippen molar-refractivity contribution in [1.29, 1.82) is 0 Å². The lowest BCUT2D eigenvalue weighted by Gasteiger charge is -2.34. The highest BCUT2D eigenvalue weighted by Gasteiger charge is 2.33. The average molecular weight is 356 g/mol. The molecule has 0 saturated carbocycles. The number of carbonyl (C=O) groups excluding carboxylic acids is 1. The zero-order valence-corrected chi connectivity index (χ0v) is 15.2.